The zero-order valence-electron chi connectivity index (χ0n) is 12.5. The minimum atomic E-state index is -0.0677. The topological polar surface area (TPSA) is 64.3 Å². The second kappa shape index (κ2) is 6.16. The van der Waals surface area contributed by atoms with Crippen molar-refractivity contribution in [2.75, 3.05) is 12.8 Å². The molecule has 0 aliphatic heterocycles. The first-order valence-corrected chi connectivity index (χ1v) is 7.23. The van der Waals surface area contributed by atoms with E-state index in [4.69, 9.17) is 10.5 Å². The molecule has 20 heavy (non-hydrogen) atoms. The van der Waals surface area contributed by atoms with Gasteiger partial charge < -0.3 is 15.8 Å². The average molecular weight is 276 g/mol. The molecule has 4 heteroatoms. The fourth-order valence-corrected chi connectivity index (χ4v) is 3.20. The molecule has 0 saturated heterocycles. The Labute approximate surface area is 120 Å². The van der Waals surface area contributed by atoms with Crippen LogP contribution in [0, 0.1) is 11.8 Å². The van der Waals surface area contributed by atoms with Crippen molar-refractivity contribution in [2.45, 2.75) is 39.2 Å². The molecule has 1 amide bonds. The van der Waals surface area contributed by atoms with Crippen LogP contribution in [0.1, 0.15) is 43.5 Å². The fraction of sp³-hybridized carbons (Fsp3) is 0.562. The molecule has 2 unspecified atom stereocenters. The summed E-state index contributed by atoms with van der Waals surface area (Å²) in [6.45, 7) is 4.50. The Balaban J connectivity index is 2.06. The highest BCUT2D eigenvalue weighted by Gasteiger charge is 2.25. The SMILES string of the molecule is COc1cc(N)cc(C(=O)NC2CC(C)CC(C)C2)c1. The molecule has 2 atom stereocenters. The molecule has 1 aromatic carbocycles. The van der Waals surface area contributed by atoms with Gasteiger partial charge in [0.05, 0.1) is 7.11 Å². The van der Waals surface area contributed by atoms with E-state index >= 15 is 0 Å². The number of methoxy groups -OCH3 is 1. The first-order valence-electron chi connectivity index (χ1n) is 7.23. The van der Waals surface area contributed by atoms with Crippen molar-refractivity contribution in [3.8, 4) is 5.75 Å². The summed E-state index contributed by atoms with van der Waals surface area (Å²) in [4.78, 5) is 12.3. The summed E-state index contributed by atoms with van der Waals surface area (Å²) in [7, 11) is 1.57. The zero-order chi connectivity index (χ0) is 14.7. The number of rotatable bonds is 3. The van der Waals surface area contributed by atoms with E-state index < -0.39 is 0 Å². The molecule has 3 N–H and O–H groups in total. The first-order chi connectivity index (χ1) is 9.47. The maximum absolute atomic E-state index is 12.3. The molecule has 1 fully saturated rings. The van der Waals surface area contributed by atoms with Crippen molar-refractivity contribution in [1.82, 2.24) is 5.32 Å². The van der Waals surface area contributed by atoms with E-state index in [1.807, 2.05) is 0 Å². The van der Waals surface area contributed by atoms with E-state index in [-0.39, 0.29) is 11.9 Å². The third-order valence-electron chi connectivity index (χ3n) is 3.94. The van der Waals surface area contributed by atoms with E-state index in [0.29, 0.717) is 28.8 Å². The van der Waals surface area contributed by atoms with Gasteiger partial charge in [0.1, 0.15) is 5.75 Å². The Bertz CT molecular complexity index is 477. The normalized spacial score (nSPS) is 26.1. The lowest BCUT2D eigenvalue weighted by Gasteiger charge is -2.32. The highest BCUT2D eigenvalue weighted by Crippen LogP contribution is 2.29. The molecule has 110 valence electrons. The van der Waals surface area contributed by atoms with Gasteiger partial charge in [0.2, 0.25) is 0 Å². The highest BCUT2D eigenvalue weighted by atomic mass is 16.5. The number of nitrogen functional groups attached to an aromatic ring is 1. The van der Waals surface area contributed by atoms with Gasteiger partial charge >= 0.3 is 0 Å². The molecule has 0 spiro atoms. The summed E-state index contributed by atoms with van der Waals surface area (Å²) < 4.78 is 5.15. The van der Waals surface area contributed by atoms with Gasteiger partial charge in [0, 0.05) is 23.4 Å². The van der Waals surface area contributed by atoms with Crippen LogP contribution in [0.5, 0.6) is 5.75 Å². The van der Waals surface area contributed by atoms with E-state index in [1.54, 1.807) is 25.3 Å². The summed E-state index contributed by atoms with van der Waals surface area (Å²) in [5, 5.41) is 3.12. The number of benzene rings is 1. The van der Waals surface area contributed by atoms with Gasteiger partial charge in [0.15, 0.2) is 0 Å². The van der Waals surface area contributed by atoms with Gasteiger partial charge in [-0.2, -0.15) is 0 Å². The maximum atomic E-state index is 12.3. The van der Waals surface area contributed by atoms with Gasteiger partial charge in [-0.05, 0) is 43.2 Å². The van der Waals surface area contributed by atoms with Crippen LogP contribution in [0.4, 0.5) is 5.69 Å². The van der Waals surface area contributed by atoms with Crippen LogP contribution in [-0.2, 0) is 0 Å². The lowest BCUT2D eigenvalue weighted by molar-refractivity contribution is 0.0911. The third-order valence-corrected chi connectivity index (χ3v) is 3.94. The molecule has 1 saturated carbocycles. The number of ether oxygens (including phenoxy) is 1. The fourth-order valence-electron chi connectivity index (χ4n) is 3.20. The van der Waals surface area contributed by atoms with Crippen LogP contribution in [0.2, 0.25) is 0 Å². The minimum Gasteiger partial charge on any atom is -0.497 e. The van der Waals surface area contributed by atoms with Crippen LogP contribution < -0.4 is 15.8 Å². The Morgan fingerprint density at radius 2 is 1.85 bits per heavy atom. The smallest absolute Gasteiger partial charge is 0.251 e. The number of anilines is 1. The summed E-state index contributed by atoms with van der Waals surface area (Å²) in [5.41, 5.74) is 6.89. The van der Waals surface area contributed by atoms with Crippen LogP contribution in [0.15, 0.2) is 18.2 Å². The highest BCUT2D eigenvalue weighted by molar-refractivity contribution is 5.95. The minimum absolute atomic E-state index is 0.0677. The Kier molecular flexibility index (Phi) is 4.53. The van der Waals surface area contributed by atoms with Crippen molar-refractivity contribution in [2.24, 2.45) is 11.8 Å². The summed E-state index contributed by atoms with van der Waals surface area (Å²) in [6.07, 6.45) is 3.35. The standard InChI is InChI=1S/C16H24N2O2/c1-10-4-11(2)6-14(5-10)18-16(19)12-7-13(17)9-15(8-12)20-3/h7-11,14H,4-6,17H2,1-3H3,(H,18,19). The molecule has 0 bridgehead atoms. The number of nitrogens with one attached hydrogen (secondary N) is 1. The van der Waals surface area contributed by atoms with Gasteiger partial charge in [-0.1, -0.05) is 13.8 Å². The van der Waals surface area contributed by atoms with Crippen molar-refractivity contribution in [1.29, 1.82) is 0 Å². The average Bonchev–Trinajstić information content (AvgIpc) is 2.36. The number of hydrogen-bond donors (Lipinski definition) is 2. The number of carbonyl (C=O) groups excluding carboxylic acids is 1. The van der Waals surface area contributed by atoms with E-state index in [0.717, 1.165) is 12.8 Å². The van der Waals surface area contributed by atoms with Crippen LogP contribution >= 0.6 is 0 Å². The van der Waals surface area contributed by atoms with Crippen LogP contribution in [0.3, 0.4) is 0 Å². The van der Waals surface area contributed by atoms with E-state index in [9.17, 15) is 4.79 Å². The molecular weight excluding hydrogens is 252 g/mol. The predicted octanol–water partition coefficient (Wildman–Crippen LogP) is 2.83. The molecule has 0 radical (unpaired) electrons. The Morgan fingerprint density at radius 1 is 1.20 bits per heavy atom. The lowest BCUT2D eigenvalue weighted by Crippen LogP contribution is -2.40. The van der Waals surface area contributed by atoms with Crippen molar-refractivity contribution in [3.05, 3.63) is 23.8 Å². The molecule has 1 aliphatic rings. The quantitative estimate of drug-likeness (QED) is 0.834. The number of hydrogen-bond acceptors (Lipinski definition) is 3. The summed E-state index contributed by atoms with van der Waals surface area (Å²) >= 11 is 0. The maximum Gasteiger partial charge on any atom is 0.251 e. The molecule has 4 nitrogen and oxygen atoms in total. The lowest BCUT2D eigenvalue weighted by atomic mass is 9.80. The van der Waals surface area contributed by atoms with Crippen LogP contribution in [0.25, 0.3) is 0 Å². The molecular formula is C16H24N2O2. The largest absolute Gasteiger partial charge is 0.497 e. The zero-order valence-corrected chi connectivity index (χ0v) is 12.5. The van der Waals surface area contributed by atoms with Gasteiger partial charge in [-0.15, -0.1) is 0 Å². The Hall–Kier alpha value is -1.71. The number of carbonyl (C=O) groups is 1. The van der Waals surface area contributed by atoms with Crippen molar-refractivity contribution < 1.29 is 9.53 Å². The third kappa shape index (κ3) is 3.65. The first kappa shape index (κ1) is 14.7. The van der Waals surface area contributed by atoms with E-state index in [1.165, 1.54) is 6.42 Å². The van der Waals surface area contributed by atoms with Gasteiger partial charge in [-0.25, -0.2) is 0 Å². The van der Waals surface area contributed by atoms with Gasteiger partial charge in [0.25, 0.3) is 5.91 Å². The molecule has 1 aliphatic carbocycles. The number of amides is 1. The molecule has 1 aromatic rings. The molecule has 0 heterocycles. The second-order valence-electron chi connectivity index (χ2n) is 6.08. The second-order valence-corrected chi connectivity index (χ2v) is 6.08. The summed E-state index contributed by atoms with van der Waals surface area (Å²) in [6, 6.07) is 5.38. The van der Waals surface area contributed by atoms with Crippen molar-refractivity contribution >= 4 is 11.6 Å². The van der Waals surface area contributed by atoms with Gasteiger partial charge in [-0.3, -0.25) is 4.79 Å². The number of nitrogens with two attached hydrogens (primary N) is 1. The van der Waals surface area contributed by atoms with E-state index in [2.05, 4.69) is 19.2 Å². The van der Waals surface area contributed by atoms with Crippen LogP contribution in [-0.4, -0.2) is 19.1 Å². The molecule has 0 aromatic heterocycles. The molecule has 2 rings (SSSR count). The Morgan fingerprint density at radius 3 is 2.45 bits per heavy atom. The predicted molar refractivity (Wildman–Crippen MR) is 80.8 cm³/mol. The summed E-state index contributed by atoms with van der Waals surface area (Å²) in [5.74, 6) is 1.88. The van der Waals surface area contributed by atoms with Crippen molar-refractivity contribution in [3.63, 3.8) is 0 Å². The monoisotopic (exact) mass is 276 g/mol.